The van der Waals surface area contributed by atoms with Crippen molar-refractivity contribution >= 4 is 0 Å². The molecule has 0 spiro atoms. The van der Waals surface area contributed by atoms with Crippen molar-refractivity contribution in [3.8, 4) is 0 Å². The van der Waals surface area contributed by atoms with Gasteiger partial charge in [0.2, 0.25) is 0 Å². The third-order valence-corrected chi connectivity index (χ3v) is 6.80. The van der Waals surface area contributed by atoms with Gasteiger partial charge in [-0.05, 0) is 24.7 Å². The van der Waals surface area contributed by atoms with E-state index in [9.17, 15) is 41.7 Å². The van der Waals surface area contributed by atoms with Gasteiger partial charge in [0.25, 0.3) is 6.10 Å². The Morgan fingerprint density at radius 3 is 2.06 bits per heavy atom. The average Bonchev–Trinajstić information content (AvgIpc) is 2.83. The van der Waals surface area contributed by atoms with Crippen LogP contribution >= 0.6 is 0 Å². The third-order valence-electron chi connectivity index (χ3n) is 6.80. The minimum Gasteiger partial charge on any atom is -0.368 e. The van der Waals surface area contributed by atoms with Crippen LogP contribution in [0.1, 0.15) is 53.4 Å². The van der Waals surface area contributed by atoms with Gasteiger partial charge in [-0.3, -0.25) is 0 Å². The van der Waals surface area contributed by atoms with Crippen LogP contribution in [-0.4, -0.2) is 64.9 Å². The van der Waals surface area contributed by atoms with E-state index in [0.29, 0.717) is 6.42 Å². The summed E-state index contributed by atoms with van der Waals surface area (Å²) < 4.78 is 92.2. The van der Waals surface area contributed by atoms with Gasteiger partial charge in [-0.15, -0.1) is 0 Å². The van der Waals surface area contributed by atoms with Crippen molar-refractivity contribution in [2.75, 3.05) is 0 Å². The van der Waals surface area contributed by atoms with Crippen molar-refractivity contribution in [3.05, 3.63) is 0 Å². The van der Waals surface area contributed by atoms with Crippen molar-refractivity contribution in [2.24, 2.45) is 23.2 Å². The largest absolute Gasteiger partial charge is 0.423 e. The molecule has 1 aliphatic heterocycles. The second kappa shape index (κ2) is 9.91. The van der Waals surface area contributed by atoms with E-state index in [1.807, 2.05) is 27.7 Å². The Labute approximate surface area is 182 Å². The first-order valence-corrected chi connectivity index (χ1v) is 10.7. The highest BCUT2D eigenvalue weighted by molar-refractivity contribution is 4.99. The molecule has 0 aromatic rings. The van der Waals surface area contributed by atoms with E-state index in [0.717, 1.165) is 6.42 Å². The molecule has 6 nitrogen and oxygen atoms in total. The number of hydrogen-bond donors (Lipinski definition) is 3. The molecule has 2 rings (SSSR count). The van der Waals surface area contributed by atoms with Gasteiger partial charge in [0.05, 0.1) is 12.2 Å². The van der Waals surface area contributed by atoms with Gasteiger partial charge in [0.15, 0.2) is 18.9 Å². The van der Waals surface area contributed by atoms with Crippen molar-refractivity contribution < 1.29 is 55.9 Å². The van der Waals surface area contributed by atoms with E-state index in [2.05, 4.69) is 4.74 Å². The molecule has 0 radical (unpaired) electrons. The number of hydrogen-bond acceptors (Lipinski definition) is 6. The van der Waals surface area contributed by atoms with E-state index in [1.54, 1.807) is 0 Å². The SMILES string of the molecule is CCCC(C)(C(C)C)C(O)OC1C2CC(O)OC1C(C(O)OC(C(F)(F)F)C(F)(F)F)C2. The van der Waals surface area contributed by atoms with Gasteiger partial charge in [-0.1, -0.05) is 34.1 Å². The summed E-state index contributed by atoms with van der Waals surface area (Å²) in [4.78, 5) is 0. The van der Waals surface area contributed by atoms with Gasteiger partial charge >= 0.3 is 12.4 Å². The average molecular weight is 482 g/mol. The Morgan fingerprint density at radius 2 is 1.59 bits per heavy atom. The van der Waals surface area contributed by atoms with Gasteiger partial charge in [0, 0.05) is 17.8 Å². The Bertz CT molecular complexity index is 600. The van der Waals surface area contributed by atoms with E-state index in [4.69, 9.17) is 9.47 Å². The second-order valence-corrected chi connectivity index (χ2v) is 9.30. The summed E-state index contributed by atoms with van der Waals surface area (Å²) in [6, 6.07) is 0. The Morgan fingerprint density at radius 1 is 1.03 bits per heavy atom. The van der Waals surface area contributed by atoms with Gasteiger partial charge in [0.1, 0.15) is 0 Å². The fourth-order valence-electron chi connectivity index (χ4n) is 4.62. The number of aliphatic hydroxyl groups is 3. The van der Waals surface area contributed by atoms with Crippen LogP contribution in [-0.2, 0) is 14.2 Å². The number of aliphatic hydroxyl groups excluding tert-OH is 3. The van der Waals surface area contributed by atoms with E-state index in [1.165, 1.54) is 0 Å². The van der Waals surface area contributed by atoms with Crippen LogP contribution in [0.5, 0.6) is 0 Å². The lowest BCUT2D eigenvalue weighted by molar-refractivity contribution is -0.358. The number of ether oxygens (including phenoxy) is 3. The minimum absolute atomic E-state index is 0.00532. The lowest BCUT2D eigenvalue weighted by atomic mass is 9.75. The molecule has 1 heterocycles. The molecule has 1 aliphatic carbocycles. The Hall–Kier alpha value is -0.660. The van der Waals surface area contributed by atoms with Gasteiger partial charge in [-0.2, -0.15) is 26.3 Å². The lowest BCUT2D eigenvalue weighted by Gasteiger charge is -2.42. The molecule has 8 atom stereocenters. The highest BCUT2D eigenvalue weighted by atomic mass is 19.4. The predicted molar refractivity (Wildman–Crippen MR) is 98.8 cm³/mol. The molecule has 12 heteroatoms. The molecule has 0 aromatic carbocycles. The van der Waals surface area contributed by atoms with Gasteiger partial charge < -0.3 is 29.5 Å². The summed E-state index contributed by atoms with van der Waals surface area (Å²) in [6.07, 6.45) is -21.8. The molecular weight excluding hydrogens is 450 g/mol. The van der Waals surface area contributed by atoms with E-state index >= 15 is 0 Å². The van der Waals surface area contributed by atoms with Crippen LogP contribution in [0.3, 0.4) is 0 Å². The first kappa shape index (κ1) is 27.6. The molecule has 190 valence electrons. The molecule has 0 aromatic heterocycles. The quantitative estimate of drug-likeness (QED) is 0.343. The standard InChI is InChI=1S/C20H32F6O6/c1-5-6-18(4,9(2)3)17(29)31-13-10-7-11(14(13)30-12(27)8-10)15(28)32-16(19(21,22)23)20(24,25)26/h9-17,27-29H,5-8H2,1-4H3. The van der Waals surface area contributed by atoms with Crippen LogP contribution in [0.4, 0.5) is 26.3 Å². The van der Waals surface area contributed by atoms with Crippen LogP contribution in [0, 0.1) is 23.2 Å². The normalized spacial score (nSPS) is 32.9. The number of fused-ring (bicyclic) bond motifs is 2. The zero-order chi connectivity index (χ0) is 24.6. The maximum atomic E-state index is 12.8. The fraction of sp³-hybridized carbons (Fsp3) is 1.00. The first-order valence-electron chi connectivity index (χ1n) is 10.7. The molecule has 3 N–H and O–H groups in total. The van der Waals surface area contributed by atoms with Crippen LogP contribution in [0.25, 0.3) is 0 Å². The summed E-state index contributed by atoms with van der Waals surface area (Å²) in [7, 11) is 0. The maximum Gasteiger partial charge on any atom is 0.423 e. The first-order chi connectivity index (χ1) is 14.5. The monoisotopic (exact) mass is 482 g/mol. The molecule has 1 saturated carbocycles. The molecule has 2 bridgehead atoms. The van der Waals surface area contributed by atoms with Crippen molar-refractivity contribution in [1.82, 2.24) is 0 Å². The number of alkyl halides is 6. The van der Waals surface area contributed by atoms with E-state index in [-0.39, 0.29) is 18.8 Å². The summed E-state index contributed by atoms with van der Waals surface area (Å²) in [5.41, 5.74) is -0.674. The van der Waals surface area contributed by atoms with Gasteiger partial charge in [-0.25, -0.2) is 0 Å². The maximum absolute atomic E-state index is 12.8. The smallest absolute Gasteiger partial charge is 0.368 e. The molecule has 0 amide bonds. The summed E-state index contributed by atoms with van der Waals surface area (Å²) in [6.45, 7) is 7.54. The highest BCUT2D eigenvalue weighted by Gasteiger charge is 2.61. The minimum atomic E-state index is -5.78. The number of halogens is 6. The molecule has 32 heavy (non-hydrogen) atoms. The van der Waals surface area contributed by atoms with Crippen LogP contribution in [0.15, 0.2) is 0 Å². The lowest BCUT2D eigenvalue weighted by Crippen LogP contribution is -2.51. The van der Waals surface area contributed by atoms with Crippen molar-refractivity contribution in [2.45, 2.75) is 103 Å². The molecule has 8 unspecified atom stereocenters. The third kappa shape index (κ3) is 5.87. The zero-order valence-electron chi connectivity index (χ0n) is 18.4. The fourth-order valence-corrected chi connectivity index (χ4v) is 4.62. The van der Waals surface area contributed by atoms with E-state index < -0.39 is 66.8 Å². The van der Waals surface area contributed by atoms with Crippen molar-refractivity contribution in [1.29, 1.82) is 0 Å². The summed E-state index contributed by atoms with van der Waals surface area (Å²) in [5, 5.41) is 30.9. The summed E-state index contributed by atoms with van der Waals surface area (Å²) >= 11 is 0. The zero-order valence-corrected chi connectivity index (χ0v) is 18.4. The highest BCUT2D eigenvalue weighted by Crippen LogP contribution is 2.48. The topological polar surface area (TPSA) is 88.4 Å². The predicted octanol–water partition coefficient (Wildman–Crippen LogP) is 3.72. The molecule has 2 fully saturated rings. The second-order valence-electron chi connectivity index (χ2n) is 9.30. The molecule has 1 saturated heterocycles. The van der Waals surface area contributed by atoms with Crippen molar-refractivity contribution in [3.63, 3.8) is 0 Å². The Balaban J connectivity index is 2.21. The molecular formula is C20H32F6O6. The Kier molecular flexibility index (Phi) is 8.54. The van der Waals surface area contributed by atoms with Crippen LogP contribution in [0.2, 0.25) is 0 Å². The summed E-state index contributed by atoms with van der Waals surface area (Å²) in [5.74, 6) is -1.89. The number of rotatable bonds is 9. The van der Waals surface area contributed by atoms with Crippen LogP contribution < -0.4 is 0 Å². The molecule has 2 aliphatic rings.